The van der Waals surface area contributed by atoms with E-state index in [1.807, 2.05) is 20.8 Å². The van der Waals surface area contributed by atoms with Crippen molar-refractivity contribution in [2.75, 3.05) is 6.61 Å². The lowest BCUT2D eigenvalue weighted by Crippen LogP contribution is -2.44. The first kappa shape index (κ1) is 15.0. The molecular formula is C13H21NO3S2. The van der Waals surface area contributed by atoms with Gasteiger partial charge in [0.15, 0.2) is 0 Å². The Balaban J connectivity index is 2.25. The van der Waals surface area contributed by atoms with Crippen LogP contribution in [0.25, 0.3) is 0 Å². The lowest BCUT2D eigenvalue weighted by Gasteiger charge is -2.29. The molecule has 0 aliphatic heterocycles. The first-order valence-electron chi connectivity index (χ1n) is 6.49. The third kappa shape index (κ3) is 2.86. The highest BCUT2D eigenvalue weighted by Gasteiger charge is 2.40. The SMILES string of the molecule is Cc1cc(S(=O)(=O)NC2CCCC2(C)CO)c(C)s1. The molecular weight excluding hydrogens is 282 g/mol. The lowest BCUT2D eigenvalue weighted by molar-refractivity contribution is 0.127. The Morgan fingerprint density at radius 2 is 2.21 bits per heavy atom. The number of thiophene rings is 1. The second kappa shape index (κ2) is 5.16. The van der Waals surface area contributed by atoms with Crippen LogP contribution in [-0.2, 0) is 10.0 Å². The van der Waals surface area contributed by atoms with Crippen molar-refractivity contribution in [2.45, 2.75) is 51.0 Å². The van der Waals surface area contributed by atoms with E-state index in [9.17, 15) is 13.5 Å². The Morgan fingerprint density at radius 3 is 2.74 bits per heavy atom. The summed E-state index contributed by atoms with van der Waals surface area (Å²) in [6, 6.07) is 1.54. The van der Waals surface area contributed by atoms with E-state index in [4.69, 9.17) is 0 Å². The molecule has 108 valence electrons. The number of aryl methyl sites for hydroxylation is 2. The Morgan fingerprint density at radius 1 is 1.53 bits per heavy atom. The fraction of sp³-hybridized carbons (Fsp3) is 0.692. The molecule has 1 aliphatic rings. The van der Waals surface area contributed by atoms with E-state index in [0.29, 0.717) is 4.90 Å². The summed E-state index contributed by atoms with van der Waals surface area (Å²) < 4.78 is 27.7. The van der Waals surface area contributed by atoms with E-state index in [-0.39, 0.29) is 18.1 Å². The summed E-state index contributed by atoms with van der Waals surface area (Å²) in [4.78, 5) is 2.19. The van der Waals surface area contributed by atoms with Crippen molar-refractivity contribution in [1.82, 2.24) is 4.72 Å². The van der Waals surface area contributed by atoms with E-state index in [0.717, 1.165) is 29.0 Å². The largest absolute Gasteiger partial charge is 0.396 e. The maximum absolute atomic E-state index is 12.4. The molecule has 1 heterocycles. The van der Waals surface area contributed by atoms with Gasteiger partial charge in [-0.1, -0.05) is 13.3 Å². The van der Waals surface area contributed by atoms with Gasteiger partial charge in [-0.15, -0.1) is 11.3 Å². The van der Waals surface area contributed by atoms with Crippen LogP contribution in [0.2, 0.25) is 0 Å². The Bertz CT molecular complexity index is 564. The minimum absolute atomic E-state index is 0.0157. The van der Waals surface area contributed by atoms with Crippen LogP contribution in [0.1, 0.15) is 35.9 Å². The zero-order valence-corrected chi connectivity index (χ0v) is 13.2. The van der Waals surface area contributed by atoms with Gasteiger partial charge in [-0.05, 0) is 32.8 Å². The molecule has 1 aromatic heterocycles. The lowest BCUT2D eigenvalue weighted by atomic mass is 9.86. The number of aliphatic hydroxyl groups excluding tert-OH is 1. The van der Waals surface area contributed by atoms with Gasteiger partial charge in [-0.25, -0.2) is 13.1 Å². The van der Waals surface area contributed by atoms with Gasteiger partial charge in [-0.2, -0.15) is 0 Å². The van der Waals surface area contributed by atoms with Crippen LogP contribution in [0.4, 0.5) is 0 Å². The second-order valence-electron chi connectivity index (χ2n) is 5.66. The van der Waals surface area contributed by atoms with Gasteiger partial charge in [0.25, 0.3) is 0 Å². The average molecular weight is 303 g/mol. The molecule has 1 fully saturated rings. The highest BCUT2D eigenvalue weighted by atomic mass is 32.2. The molecule has 2 N–H and O–H groups in total. The predicted molar refractivity (Wildman–Crippen MR) is 76.9 cm³/mol. The molecule has 2 atom stereocenters. The van der Waals surface area contributed by atoms with Crippen LogP contribution < -0.4 is 4.72 Å². The summed E-state index contributed by atoms with van der Waals surface area (Å²) in [5.74, 6) is 0. The zero-order chi connectivity index (χ0) is 14.3. The van der Waals surface area contributed by atoms with Gasteiger partial charge in [0.2, 0.25) is 10.0 Å². The number of nitrogens with one attached hydrogen (secondary N) is 1. The molecule has 0 saturated heterocycles. The van der Waals surface area contributed by atoms with E-state index in [1.54, 1.807) is 6.07 Å². The minimum Gasteiger partial charge on any atom is -0.396 e. The summed E-state index contributed by atoms with van der Waals surface area (Å²) in [6.07, 6.45) is 2.60. The number of rotatable bonds is 4. The molecule has 1 aliphatic carbocycles. The van der Waals surface area contributed by atoms with Crippen molar-refractivity contribution >= 4 is 21.4 Å². The number of aliphatic hydroxyl groups is 1. The Labute approximate surface area is 118 Å². The highest BCUT2D eigenvalue weighted by molar-refractivity contribution is 7.89. The first-order chi connectivity index (χ1) is 8.78. The van der Waals surface area contributed by atoms with Crippen molar-refractivity contribution in [3.63, 3.8) is 0 Å². The summed E-state index contributed by atoms with van der Waals surface area (Å²) in [5, 5.41) is 9.49. The third-order valence-electron chi connectivity index (χ3n) is 4.03. The molecule has 0 aromatic carbocycles. The fourth-order valence-corrected chi connectivity index (χ4v) is 5.71. The van der Waals surface area contributed by atoms with E-state index in [2.05, 4.69) is 4.72 Å². The summed E-state index contributed by atoms with van der Waals surface area (Å²) in [5.41, 5.74) is -0.341. The smallest absolute Gasteiger partial charge is 0.241 e. The number of hydrogen-bond donors (Lipinski definition) is 2. The average Bonchev–Trinajstić information content (AvgIpc) is 2.84. The Kier molecular flexibility index (Phi) is 4.07. The molecule has 0 spiro atoms. The van der Waals surface area contributed by atoms with Crippen LogP contribution in [0.3, 0.4) is 0 Å². The quantitative estimate of drug-likeness (QED) is 0.896. The monoisotopic (exact) mass is 303 g/mol. The Hall–Kier alpha value is -0.430. The maximum atomic E-state index is 12.4. The van der Waals surface area contributed by atoms with Crippen molar-refractivity contribution < 1.29 is 13.5 Å². The van der Waals surface area contributed by atoms with Crippen molar-refractivity contribution in [3.05, 3.63) is 15.8 Å². The minimum atomic E-state index is -3.49. The first-order valence-corrected chi connectivity index (χ1v) is 8.79. The van der Waals surface area contributed by atoms with Crippen LogP contribution in [0.5, 0.6) is 0 Å². The standard InChI is InChI=1S/C13H21NO3S2/c1-9-7-11(10(2)18-9)19(16,17)14-12-5-4-6-13(12,3)8-15/h7,12,14-15H,4-6,8H2,1-3H3. The van der Waals surface area contributed by atoms with E-state index < -0.39 is 10.0 Å². The van der Waals surface area contributed by atoms with E-state index >= 15 is 0 Å². The van der Waals surface area contributed by atoms with Gasteiger partial charge in [0.05, 0.1) is 4.90 Å². The maximum Gasteiger partial charge on any atom is 0.241 e. The van der Waals surface area contributed by atoms with Crippen molar-refractivity contribution in [3.8, 4) is 0 Å². The second-order valence-corrected chi connectivity index (χ2v) is 8.80. The molecule has 0 amide bonds. The molecule has 2 unspecified atom stereocenters. The van der Waals surface area contributed by atoms with Crippen molar-refractivity contribution in [1.29, 1.82) is 0 Å². The van der Waals surface area contributed by atoms with Crippen LogP contribution in [-0.4, -0.2) is 26.2 Å². The van der Waals surface area contributed by atoms with Crippen LogP contribution >= 0.6 is 11.3 Å². The summed E-state index contributed by atoms with van der Waals surface area (Å²) >= 11 is 1.49. The fourth-order valence-electron chi connectivity index (χ4n) is 2.75. The molecule has 4 nitrogen and oxygen atoms in total. The molecule has 6 heteroatoms. The molecule has 0 radical (unpaired) electrons. The highest BCUT2D eigenvalue weighted by Crippen LogP contribution is 2.38. The van der Waals surface area contributed by atoms with Gasteiger partial charge >= 0.3 is 0 Å². The molecule has 2 rings (SSSR count). The normalized spacial score (nSPS) is 27.9. The van der Waals surface area contributed by atoms with E-state index in [1.165, 1.54) is 11.3 Å². The van der Waals surface area contributed by atoms with Gasteiger partial charge in [0.1, 0.15) is 0 Å². The van der Waals surface area contributed by atoms with Crippen molar-refractivity contribution in [2.24, 2.45) is 5.41 Å². The molecule has 0 bridgehead atoms. The summed E-state index contributed by atoms with van der Waals surface area (Å²) in [6.45, 7) is 5.69. The van der Waals surface area contributed by atoms with Gasteiger partial charge < -0.3 is 5.11 Å². The number of hydrogen-bond acceptors (Lipinski definition) is 4. The molecule has 1 saturated carbocycles. The zero-order valence-electron chi connectivity index (χ0n) is 11.6. The third-order valence-corrected chi connectivity index (χ3v) is 6.72. The van der Waals surface area contributed by atoms with Crippen LogP contribution in [0.15, 0.2) is 11.0 Å². The van der Waals surface area contributed by atoms with Crippen LogP contribution in [0, 0.1) is 19.3 Å². The predicted octanol–water partition coefficient (Wildman–Crippen LogP) is 2.19. The molecule has 19 heavy (non-hydrogen) atoms. The topological polar surface area (TPSA) is 66.4 Å². The summed E-state index contributed by atoms with van der Waals surface area (Å²) in [7, 11) is -3.49. The number of sulfonamides is 1. The van der Waals surface area contributed by atoms with Gasteiger partial charge in [-0.3, -0.25) is 0 Å². The van der Waals surface area contributed by atoms with Gasteiger partial charge in [0, 0.05) is 27.8 Å². The molecule has 1 aromatic rings.